The Morgan fingerprint density at radius 3 is 2.67 bits per heavy atom. The van der Waals surface area contributed by atoms with Gasteiger partial charge < -0.3 is 4.98 Å². The van der Waals surface area contributed by atoms with E-state index in [2.05, 4.69) is 9.97 Å². The molecule has 0 fully saturated rings. The van der Waals surface area contributed by atoms with Gasteiger partial charge in [0.05, 0.1) is 12.0 Å². The van der Waals surface area contributed by atoms with Gasteiger partial charge in [-0.25, -0.2) is 13.8 Å². The number of hydrogen-bond donors (Lipinski definition) is 1. The molecule has 0 amide bonds. The van der Waals surface area contributed by atoms with Gasteiger partial charge in [0, 0.05) is 11.1 Å². The maximum Gasteiger partial charge on any atom is 0.133 e. The van der Waals surface area contributed by atoms with Crippen molar-refractivity contribution < 1.29 is 8.78 Å². The Kier molecular flexibility index (Phi) is 3.52. The molecule has 0 spiro atoms. The van der Waals surface area contributed by atoms with Gasteiger partial charge in [0.15, 0.2) is 0 Å². The Labute approximate surface area is 109 Å². The number of hydrogen-bond acceptors (Lipinski definition) is 2. The molecule has 0 unspecified atom stereocenters. The van der Waals surface area contributed by atoms with Crippen molar-refractivity contribution in [1.29, 1.82) is 0 Å². The van der Waals surface area contributed by atoms with Crippen LogP contribution in [-0.2, 0) is 0 Å². The lowest BCUT2D eigenvalue weighted by Crippen LogP contribution is -2.00. The van der Waals surface area contributed by atoms with E-state index in [9.17, 15) is 8.78 Å². The highest BCUT2D eigenvalue weighted by Crippen LogP contribution is 2.29. The fraction of sp³-hybridized carbons (Fsp3) is 0.231. The molecule has 18 heavy (non-hydrogen) atoms. The van der Waals surface area contributed by atoms with E-state index in [1.54, 1.807) is 0 Å². The zero-order valence-corrected chi connectivity index (χ0v) is 10.8. The second-order valence-electron chi connectivity index (χ2n) is 4.28. The Morgan fingerprint density at radius 1 is 1.28 bits per heavy atom. The first-order chi connectivity index (χ1) is 8.50. The van der Waals surface area contributed by atoms with Crippen LogP contribution in [0.3, 0.4) is 0 Å². The van der Waals surface area contributed by atoms with Crippen molar-refractivity contribution >= 4 is 12.2 Å². The third-order valence-electron chi connectivity index (χ3n) is 2.67. The lowest BCUT2D eigenvalue weighted by atomic mass is 9.98. The summed E-state index contributed by atoms with van der Waals surface area (Å²) in [4.78, 5) is 6.84. The monoisotopic (exact) mass is 266 g/mol. The summed E-state index contributed by atoms with van der Waals surface area (Å²) < 4.78 is 27.4. The summed E-state index contributed by atoms with van der Waals surface area (Å²) in [5.74, 6) is -0.910. The first kappa shape index (κ1) is 12.8. The van der Waals surface area contributed by atoms with E-state index in [-0.39, 0.29) is 11.5 Å². The van der Waals surface area contributed by atoms with E-state index in [0.717, 1.165) is 23.8 Å². The number of rotatable bonds is 2. The lowest BCUT2D eigenvalue weighted by Gasteiger charge is -2.13. The zero-order chi connectivity index (χ0) is 13.3. The fourth-order valence-electron chi connectivity index (χ4n) is 1.86. The SMILES string of the molecule is CC(C)c1c(-c2cc(F)ccc2F)[nH]cnc1=S. The van der Waals surface area contributed by atoms with Gasteiger partial charge in [-0.05, 0) is 24.1 Å². The zero-order valence-electron chi connectivity index (χ0n) is 10.00. The highest BCUT2D eigenvalue weighted by Gasteiger charge is 2.15. The summed E-state index contributed by atoms with van der Waals surface area (Å²) in [5.41, 5.74) is 1.38. The smallest absolute Gasteiger partial charge is 0.133 e. The van der Waals surface area contributed by atoms with Gasteiger partial charge in [-0.2, -0.15) is 0 Å². The molecular weight excluding hydrogens is 254 g/mol. The van der Waals surface area contributed by atoms with E-state index in [1.165, 1.54) is 6.33 Å². The number of aromatic amines is 1. The summed E-state index contributed by atoms with van der Waals surface area (Å²) in [6, 6.07) is 3.34. The Morgan fingerprint density at radius 2 is 2.00 bits per heavy atom. The van der Waals surface area contributed by atoms with Gasteiger partial charge >= 0.3 is 0 Å². The molecule has 0 aliphatic rings. The molecule has 1 heterocycles. The summed E-state index contributed by atoms with van der Waals surface area (Å²) in [5, 5.41) is 0. The Bertz CT molecular complexity index is 635. The largest absolute Gasteiger partial charge is 0.345 e. The van der Waals surface area contributed by atoms with Crippen LogP contribution < -0.4 is 0 Å². The number of benzene rings is 1. The third kappa shape index (κ3) is 2.31. The molecule has 1 aromatic carbocycles. The number of aromatic nitrogens is 2. The van der Waals surface area contributed by atoms with Crippen LogP contribution in [0.2, 0.25) is 0 Å². The van der Waals surface area contributed by atoms with Crippen LogP contribution in [0.5, 0.6) is 0 Å². The number of halogens is 2. The molecule has 0 saturated heterocycles. The quantitative estimate of drug-likeness (QED) is 0.825. The van der Waals surface area contributed by atoms with Gasteiger partial charge in [-0.3, -0.25) is 0 Å². The third-order valence-corrected chi connectivity index (χ3v) is 2.99. The highest BCUT2D eigenvalue weighted by molar-refractivity contribution is 7.71. The molecule has 2 aromatic rings. The minimum absolute atomic E-state index is 0.0696. The topological polar surface area (TPSA) is 28.7 Å². The Hall–Kier alpha value is -1.62. The number of H-pyrrole nitrogens is 1. The Balaban J connectivity index is 2.75. The summed E-state index contributed by atoms with van der Waals surface area (Å²) in [6.07, 6.45) is 1.40. The molecular formula is C13H12F2N2S. The van der Waals surface area contributed by atoms with Crippen molar-refractivity contribution in [3.05, 3.63) is 46.4 Å². The molecule has 0 aliphatic carbocycles. The molecule has 2 rings (SSSR count). The molecule has 1 N–H and O–H groups in total. The number of nitrogens with one attached hydrogen (secondary N) is 1. The molecule has 94 valence electrons. The average molecular weight is 266 g/mol. The maximum absolute atomic E-state index is 13.8. The van der Waals surface area contributed by atoms with Crippen molar-refractivity contribution in [3.8, 4) is 11.3 Å². The van der Waals surface area contributed by atoms with Gasteiger partial charge in [-0.15, -0.1) is 0 Å². The second-order valence-corrected chi connectivity index (χ2v) is 4.66. The van der Waals surface area contributed by atoms with Crippen molar-refractivity contribution in [2.24, 2.45) is 0 Å². The van der Waals surface area contributed by atoms with Gasteiger partial charge in [0.1, 0.15) is 16.3 Å². The first-order valence-electron chi connectivity index (χ1n) is 5.53. The maximum atomic E-state index is 13.8. The van der Waals surface area contributed by atoms with E-state index in [4.69, 9.17) is 12.2 Å². The summed E-state index contributed by atoms with van der Waals surface area (Å²) in [6.45, 7) is 3.86. The molecule has 2 nitrogen and oxygen atoms in total. The van der Waals surface area contributed by atoms with E-state index < -0.39 is 11.6 Å². The molecule has 0 aliphatic heterocycles. The van der Waals surface area contributed by atoms with Crippen LogP contribution >= 0.6 is 12.2 Å². The molecule has 0 radical (unpaired) electrons. The molecule has 0 bridgehead atoms. The van der Waals surface area contributed by atoms with Crippen LogP contribution in [0.4, 0.5) is 8.78 Å². The summed E-state index contributed by atoms with van der Waals surface area (Å²) in [7, 11) is 0. The molecule has 5 heteroatoms. The van der Waals surface area contributed by atoms with Crippen molar-refractivity contribution in [1.82, 2.24) is 9.97 Å². The van der Waals surface area contributed by atoms with E-state index >= 15 is 0 Å². The fourth-order valence-corrected chi connectivity index (χ4v) is 2.25. The van der Waals surface area contributed by atoms with Crippen LogP contribution in [0.25, 0.3) is 11.3 Å². The predicted octanol–water partition coefficient (Wildman–Crippen LogP) is 4.21. The lowest BCUT2D eigenvalue weighted by molar-refractivity contribution is 0.602. The van der Waals surface area contributed by atoms with Crippen molar-refractivity contribution in [2.45, 2.75) is 19.8 Å². The second kappa shape index (κ2) is 4.94. The minimum Gasteiger partial charge on any atom is -0.345 e. The minimum atomic E-state index is -0.491. The van der Waals surface area contributed by atoms with Crippen molar-refractivity contribution in [2.75, 3.05) is 0 Å². The number of nitrogens with zero attached hydrogens (tertiary/aromatic N) is 1. The van der Waals surface area contributed by atoms with E-state index in [1.807, 2.05) is 13.8 Å². The normalized spacial score (nSPS) is 10.9. The van der Waals surface area contributed by atoms with Crippen molar-refractivity contribution in [3.63, 3.8) is 0 Å². The van der Waals surface area contributed by atoms with Gasteiger partial charge in [0.25, 0.3) is 0 Å². The summed E-state index contributed by atoms with van der Waals surface area (Å²) >= 11 is 5.14. The van der Waals surface area contributed by atoms with E-state index in [0.29, 0.717) is 10.3 Å². The van der Waals surface area contributed by atoms with Crippen LogP contribution in [0.15, 0.2) is 24.5 Å². The van der Waals surface area contributed by atoms with Crippen LogP contribution in [0.1, 0.15) is 25.3 Å². The molecule has 1 aromatic heterocycles. The average Bonchev–Trinajstić information content (AvgIpc) is 2.31. The standard InChI is InChI=1S/C13H12F2N2S/c1-7(2)11-12(16-6-17-13(11)18)9-5-8(14)3-4-10(9)15/h3-7H,1-2H3,(H,16,17,18). The molecule has 0 atom stereocenters. The van der Waals surface area contributed by atoms with Gasteiger partial charge in [0.2, 0.25) is 0 Å². The predicted molar refractivity (Wildman–Crippen MR) is 68.9 cm³/mol. The van der Waals surface area contributed by atoms with Gasteiger partial charge in [-0.1, -0.05) is 26.1 Å². The van der Waals surface area contributed by atoms with Crippen LogP contribution in [0, 0.1) is 16.3 Å². The van der Waals surface area contributed by atoms with Crippen LogP contribution in [-0.4, -0.2) is 9.97 Å². The highest BCUT2D eigenvalue weighted by atomic mass is 32.1. The molecule has 0 saturated carbocycles. The first-order valence-corrected chi connectivity index (χ1v) is 5.94.